The molecule has 4 rings (SSSR count). The maximum absolute atomic E-state index is 13.6. The summed E-state index contributed by atoms with van der Waals surface area (Å²) < 4.78 is 54.6. The molecule has 9 heteroatoms. The van der Waals surface area contributed by atoms with Crippen LogP contribution in [0.2, 0.25) is 0 Å². The summed E-state index contributed by atoms with van der Waals surface area (Å²) in [7, 11) is 0. The lowest BCUT2D eigenvalue weighted by molar-refractivity contribution is -0.269. The maximum Gasteiger partial charge on any atom is 0.423 e. The fourth-order valence-corrected chi connectivity index (χ4v) is 3.48. The number of pyridine rings is 1. The largest absolute Gasteiger partial charge is 0.423 e. The number of fused-ring (bicyclic) bond motifs is 1. The first kappa shape index (κ1) is 20.9. The van der Waals surface area contributed by atoms with Crippen molar-refractivity contribution in [2.45, 2.75) is 31.7 Å². The van der Waals surface area contributed by atoms with Gasteiger partial charge in [0.05, 0.1) is 18.3 Å². The Balaban J connectivity index is 1.65. The number of alkyl halides is 3. The van der Waals surface area contributed by atoms with Crippen LogP contribution in [0.15, 0.2) is 60.9 Å². The Labute approximate surface area is 175 Å². The number of rotatable bonds is 5. The monoisotopic (exact) mass is 430 g/mol. The summed E-state index contributed by atoms with van der Waals surface area (Å²) in [6, 6.07) is 13.4. The quantitative estimate of drug-likeness (QED) is 0.460. The summed E-state index contributed by atoms with van der Waals surface area (Å²) in [5, 5.41) is 18.1. The van der Waals surface area contributed by atoms with E-state index in [9.17, 15) is 22.7 Å². The average Bonchev–Trinajstić information content (AvgIpc) is 3.20. The van der Waals surface area contributed by atoms with Crippen molar-refractivity contribution in [1.82, 2.24) is 20.0 Å². The van der Waals surface area contributed by atoms with E-state index in [0.29, 0.717) is 11.1 Å². The molecule has 0 amide bonds. The first-order valence-electron chi connectivity index (χ1n) is 9.54. The van der Waals surface area contributed by atoms with Gasteiger partial charge in [-0.3, -0.25) is 4.98 Å². The van der Waals surface area contributed by atoms with E-state index in [2.05, 4.69) is 15.3 Å². The van der Waals surface area contributed by atoms with E-state index in [1.165, 1.54) is 23.7 Å². The molecule has 31 heavy (non-hydrogen) atoms. The fourth-order valence-electron chi connectivity index (χ4n) is 3.48. The van der Waals surface area contributed by atoms with Gasteiger partial charge in [-0.1, -0.05) is 36.4 Å². The Morgan fingerprint density at radius 3 is 2.58 bits per heavy atom. The smallest absolute Gasteiger partial charge is 0.375 e. The van der Waals surface area contributed by atoms with E-state index in [1.54, 1.807) is 36.5 Å². The molecule has 2 aromatic carbocycles. The molecule has 5 nitrogen and oxygen atoms in total. The van der Waals surface area contributed by atoms with Crippen LogP contribution in [0.3, 0.4) is 0 Å². The van der Waals surface area contributed by atoms with E-state index in [4.69, 9.17) is 0 Å². The molecule has 0 bridgehead atoms. The predicted molar refractivity (Wildman–Crippen MR) is 107 cm³/mol. The van der Waals surface area contributed by atoms with Crippen LogP contribution in [0.4, 0.5) is 17.6 Å². The zero-order valence-electron chi connectivity index (χ0n) is 16.4. The molecule has 0 saturated carbocycles. The van der Waals surface area contributed by atoms with Gasteiger partial charge < -0.3 is 5.11 Å². The van der Waals surface area contributed by atoms with Crippen LogP contribution < -0.4 is 0 Å². The summed E-state index contributed by atoms with van der Waals surface area (Å²) in [5.74, 6) is -0.341. The fraction of sp³-hybridized carbons (Fsp3) is 0.227. The number of aliphatic hydroxyl groups is 1. The molecular weight excluding hydrogens is 412 g/mol. The average molecular weight is 430 g/mol. The van der Waals surface area contributed by atoms with Gasteiger partial charge in [0.2, 0.25) is 5.60 Å². The molecule has 160 valence electrons. The lowest BCUT2D eigenvalue weighted by Crippen LogP contribution is -2.42. The molecule has 0 aliphatic carbocycles. The molecule has 0 aliphatic heterocycles. The van der Waals surface area contributed by atoms with Gasteiger partial charge in [-0.2, -0.15) is 13.2 Å². The van der Waals surface area contributed by atoms with Crippen LogP contribution in [0.5, 0.6) is 0 Å². The van der Waals surface area contributed by atoms with E-state index < -0.39 is 23.9 Å². The topological polar surface area (TPSA) is 63.8 Å². The normalized spacial score (nSPS) is 14.0. The Morgan fingerprint density at radius 2 is 1.87 bits per heavy atom. The molecule has 0 aliphatic rings. The minimum Gasteiger partial charge on any atom is -0.375 e. The number of hydrogen-bond donors (Lipinski definition) is 1. The zero-order valence-corrected chi connectivity index (χ0v) is 16.4. The van der Waals surface area contributed by atoms with Gasteiger partial charge in [-0.15, -0.1) is 5.10 Å². The number of hydrogen-bond acceptors (Lipinski definition) is 4. The lowest BCUT2D eigenvalue weighted by Gasteiger charge is -2.26. The van der Waals surface area contributed by atoms with Crippen molar-refractivity contribution >= 4 is 10.9 Å². The van der Waals surface area contributed by atoms with E-state index in [1.807, 2.05) is 6.07 Å². The molecule has 0 radical (unpaired) electrons. The van der Waals surface area contributed by atoms with Gasteiger partial charge in [0.15, 0.2) is 0 Å². The number of nitrogens with zero attached hydrogens (tertiary/aromatic N) is 4. The molecule has 1 unspecified atom stereocenters. The molecule has 0 saturated heterocycles. The van der Waals surface area contributed by atoms with Crippen molar-refractivity contribution in [3.63, 3.8) is 0 Å². The van der Waals surface area contributed by atoms with Crippen LogP contribution >= 0.6 is 0 Å². The van der Waals surface area contributed by atoms with Crippen molar-refractivity contribution in [1.29, 1.82) is 0 Å². The second-order valence-electron chi connectivity index (χ2n) is 7.23. The van der Waals surface area contributed by atoms with Gasteiger partial charge in [0.25, 0.3) is 0 Å². The molecule has 4 aromatic rings. The lowest BCUT2D eigenvalue weighted by atomic mass is 9.96. The van der Waals surface area contributed by atoms with E-state index in [-0.39, 0.29) is 12.4 Å². The van der Waals surface area contributed by atoms with Crippen LogP contribution in [0.1, 0.15) is 24.6 Å². The van der Waals surface area contributed by atoms with Gasteiger partial charge >= 0.3 is 6.18 Å². The van der Waals surface area contributed by atoms with Gasteiger partial charge in [0.1, 0.15) is 11.5 Å². The molecule has 1 atom stereocenters. The Kier molecular flexibility index (Phi) is 5.22. The third-order valence-corrected chi connectivity index (χ3v) is 5.23. The van der Waals surface area contributed by atoms with Gasteiger partial charge in [-0.25, -0.2) is 9.07 Å². The number of halogens is 4. The van der Waals surface area contributed by atoms with Crippen molar-refractivity contribution in [2.75, 3.05) is 0 Å². The highest BCUT2D eigenvalue weighted by Gasteiger charge is 2.55. The standard InChI is InChI=1S/C22H18F4N4O/c1-2-21(31,22(24,25)26)20-13-30(29-28-20)12-14-6-7-18-17(8-9-27-19(18)10-14)15-4-3-5-16(23)11-15/h3-11,13,31H,2,12H2,1H3. The van der Waals surface area contributed by atoms with Crippen molar-refractivity contribution in [3.05, 3.63) is 78.0 Å². The Hall–Kier alpha value is -3.33. The molecule has 1 N–H and O–H groups in total. The second kappa shape index (κ2) is 7.73. The summed E-state index contributed by atoms with van der Waals surface area (Å²) in [4.78, 5) is 4.35. The van der Waals surface area contributed by atoms with E-state index >= 15 is 0 Å². The summed E-state index contributed by atoms with van der Waals surface area (Å²) in [5.41, 5.74) is -0.672. The molecule has 0 fully saturated rings. The molecule has 2 heterocycles. The number of aromatic nitrogens is 4. The highest BCUT2D eigenvalue weighted by molar-refractivity contribution is 5.94. The summed E-state index contributed by atoms with van der Waals surface area (Å²) >= 11 is 0. The van der Waals surface area contributed by atoms with Crippen LogP contribution in [0.25, 0.3) is 22.0 Å². The Morgan fingerprint density at radius 1 is 1.06 bits per heavy atom. The van der Waals surface area contributed by atoms with Crippen molar-refractivity contribution < 1.29 is 22.7 Å². The van der Waals surface area contributed by atoms with Crippen LogP contribution in [-0.2, 0) is 12.1 Å². The maximum atomic E-state index is 13.6. The van der Waals surface area contributed by atoms with Gasteiger partial charge in [0, 0.05) is 11.6 Å². The third-order valence-electron chi connectivity index (χ3n) is 5.23. The van der Waals surface area contributed by atoms with Crippen molar-refractivity contribution in [3.8, 4) is 11.1 Å². The molecular formula is C22H18F4N4O. The van der Waals surface area contributed by atoms with Gasteiger partial charge in [-0.05, 0) is 47.4 Å². The molecule has 0 spiro atoms. The van der Waals surface area contributed by atoms with E-state index in [0.717, 1.165) is 22.7 Å². The summed E-state index contributed by atoms with van der Waals surface area (Å²) in [6.07, 6.45) is -2.72. The third kappa shape index (κ3) is 3.88. The zero-order chi connectivity index (χ0) is 22.2. The first-order valence-corrected chi connectivity index (χ1v) is 9.54. The molecule has 2 aromatic heterocycles. The highest BCUT2D eigenvalue weighted by Crippen LogP contribution is 2.40. The highest BCUT2D eigenvalue weighted by atomic mass is 19.4. The Bertz CT molecular complexity index is 1240. The first-order chi connectivity index (χ1) is 14.7. The van der Waals surface area contributed by atoms with Crippen molar-refractivity contribution in [2.24, 2.45) is 0 Å². The minimum absolute atomic E-state index is 0.145. The summed E-state index contributed by atoms with van der Waals surface area (Å²) in [6.45, 7) is 1.38. The SMILES string of the molecule is CCC(O)(c1cn(Cc2ccc3c(-c4cccc(F)c4)ccnc3c2)nn1)C(F)(F)F. The predicted octanol–water partition coefficient (Wildman–Crippen LogP) is 4.84. The van der Waals surface area contributed by atoms with Crippen LogP contribution in [-0.4, -0.2) is 31.3 Å². The van der Waals surface area contributed by atoms with Crippen LogP contribution in [0, 0.1) is 5.82 Å². The minimum atomic E-state index is -4.86. The second-order valence-corrected chi connectivity index (χ2v) is 7.23. The number of benzene rings is 2.